The maximum atomic E-state index is 13.4. The highest BCUT2D eigenvalue weighted by atomic mass is 35.5. The number of pyridine rings is 1. The van der Waals surface area contributed by atoms with Crippen molar-refractivity contribution in [3.8, 4) is 22.8 Å². The van der Waals surface area contributed by atoms with Crippen LogP contribution in [0.15, 0.2) is 66.7 Å². The van der Waals surface area contributed by atoms with Gasteiger partial charge in [0, 0.05) is 27.7 Å². The minimum atomic E-state index is -0.208. The van der Waals surface area contributed by atoms with Crippen molar-refractivity contribution in [3.05, 3.63) is 82.9 Å². The number of aromatic nitrogens is 1. The molecule has 0 aliphatic carbocycles. The summed E-state index contributed by atoms with van der Waals surface area (Å²) in [5.74, 6) is 1.08. The molecular formula is C24H17ClN2O3. The van der Waals surface area contributed by atoms with Crippen LogP contribution in [0.2, 0.25) is 5.02 Å². The molecule has 3 aromatic carbocycles. The smallest absolute Gasteiger partial charge is 0.256 e. The average molecular weight is 417 g/mol. The Morgan fingerprint density at radius 3 is 2.60 bits per heavy atom. The lowest BCUT2D eigenvalue weighted by Crippen LogP contribution is -2.15. The molecule has 1 aromatic heterocycles. The number of nitrogens with one attached hydrogen (secondary N) is 1. The van der Waals surface area contributed by atoms with Crippen molar-refractivity contribution < 1.29 is 14.3 Å². The molecule has 1 amide bonds. The number of fused-ring (bicyclic) bond motifs is 2. The Labute approximate surface area is 178 Å². The first-order valence-electron chi connectivity index (χ1n) is 9.46. The Morgan fingerprint density at radius 1 is 1.00 bits per heavy atom. The lowest BCUT2D eigenvalue weighted by molar-refractivity contribution is 0.102. The number of carbonyl (C=O) groups is 1. The summed E-state index contributed by atoms with van der Waals surface area (Å²) in [7, 11) is 0. The topological polar surface area (TPSA) is 60.5 Å². The molecule has 30 heavy (non-hydrogen) atoms. The molecule has 1 N–H and O–H groups in total. The van der Waals surface area contributed by atoms with Crippen LogP contribution >= 0.6 is 11.6 Å². The second kappa shape index (κ2) is 7.35. The van der Waals surface area contributed by atoms with Crippen LogP contribution in [0, 0.1) is 6.92 Å². The van der Waals surface area contributed by atoms with E-state index in [2.05, 4.69) is 5.32 Å². The van der Waals surface area contributed by atoms with E-state index in [1.807, 2.05) is 55.5 Å². The SMILES string of the molecule is Cc1c(-c2ccc(Cl)cc2)nc2ccccc2c1C(=O)Nc1ccc2c(c1)OCO2. The highest BCUT2D eigenvalue weighted by Crippen LogP contribution is 2.35. The van der Waals surface area contributed by atoms with Crippen molar-refractivity contribution in [2.24, 2.45) is 0 Å². The first kappa shape index (κ1) is 18.5. The van der Waals surface area contributed by atoms with Crippen LogP contribution in [0.25, 0.3) is 22.2 Å². The van der Waals surface area contributed by atoms with Gasteiger partial charge in [0.1, 0.15) is 0 Å². The van der Waals surface area contributed by atoms with Gasteiger partial charge in [0.25, 0.3) is 5.91 Å². The minimum absolute atomic E-state index is 0.186. The van der Waals surface area contributed by atoms with Crippen LogP contribution in [0.1, 0.15) is 15.9 Å². The zero-order chi connectivity index (χ0) is 20.7. The van der Waals surface area contributed by atoms with Gasteiger partial charge in [-0.2, -0.15) is 0 Å². The number of ether oxygens (including phenoxy) is 2. The lowest BCUT2D eigenvalue weighted by atomic mass is 9.97. The quantitative estimate of drug-likeness (QED) is 0.455. The molecule has 0 saturated carbocycles. The fourth-order valence-electron chi connectivity index (χ4n) is 3.66. The molecule has 0 fully saturated rings. The maximum Gasteiger partial charge on any atom is 0.256 e. The third-order valence-corrected chi connectivity index (χ3v) is 5.36. The molecule has 5 nitrogen and oxygen atoms in total. The van der Waals surface area contributed by atoms with Gasteiger partial charge in [0.15, 0.2) is 11.5 Å². The molecule has 0 unspecified atom stereocenters. The van der Waals surface area contributed by atoms with Crippen LogP contribution in [0.3, 0.4) is 0 Å². The Hall–Kier alpha value is -3.57. The molecule has 0 spiro atoms. The molecule has 0 saturated heterocycles. The van der Waals surface area contributed by atoms with Gasteiger partial charge in [-0.1, -0.05) is 41.9 Å². The normalized spacial score (nSPS) is 12.2. The Balaban J connectivity index is 1.61. The van der Waals surface area contributed by atoms with Gasteiger partial charge in [-0.25, -0.2) is 4.98 Å². The summed E-state index contributed by atoms with van der Waals surface area (Å²) >= 11 is 6.04. The summed E-state index contributed by atoms with van der Waals surface area (Å²) in [6.45, 7) is 2.10. The van der Waals surface area contributed by atoms with E-state index >= 15 is 0 Å². The minimum Gasteiger partial charge on any atom is -0.454 e. The summed E-state index contributed by atoms with van der Waals surface area (Å²) in [6, 6.07) is 20.4. The highest BCUT2D eigenvalue weighted by molar-refractivity contribution is 6.30. The van der Waals surface area contributed by atoms with E-state index in [9.17, 15) is 4.79 Å². The molecule has 2 heterocycles. The summed E-state index contributed by atoms with van der Waals surface area (Å²) in [5.41, 5.74) is 4.43. The van der Waals surface area contributed by atoms with Crippen LogP contribution in [0.4, 0.5) is 5.69 Å². The zero-order valence-electron chi connectivity index (χ0n) is 16.1. The summed E-state index contributed by atoms with van der Waals surface area (Å²) in [5, 5.41) is 4.43. The van der Waals surface area contributed by atoms with Gasteiger partial charge >= 0.3 is 0 Å². The van der Waals surface area contributed by atoms with E-state index in [-0.39, 0.29) is 12.7 Å². The van der Waals surface area contributed by atoms with Crippen molar-refractivity contribution in [1.82, 2.24) is 4.98 Å². The van der Waals surface area contributed by atoms with Crippen molar-refractivity contribution in [3.63, 3.8) is 0 Å². The first-order chi connectivity index (χ1) is 14.6. The number of nitrogens with zero attached hydrogens (tertiary/aromatic N) is 1. The second-order valence-electron chi connectivity index (χ2n) is 7.01. The Bertz CT molecular complexity index is 1290. The number of amides is 1. The van der Waals surface area contributed by atoms with E-state index in [4.69, 9.17) is 26.1 Å². The molecule has 0 bridgehead atoms. The van der Waals surface area contributed by atoms with Gasteiger partial charge in [0.05, 0.1) is 16.8 Å². The van der Waals surface area contributed by atoms with Crippen molar-refractivity contribution >= 4 is 34.1 Å². The number of rotatable bonds is 3. The van der Waals surface area contributed by atoms with Crippen LogP contribution in [0.5, 0.6) is 11.5 Å². The van der Waals surface area contributed by atoms with Crippen molar-refractivity contribution in [2.75, 3.05) is 12.1 Å². The Kier molecular flexibility index (Phi) is 4.52. The summed E-state index contributed by atoms with van der Waals surface area (Å²) in [6.07, 6.45) is 0. The number of para-hydroxylation sites is 1. The fourth-order valence-corrected chi connectivity index (χ4v) is 3.78. The van der Waals surface area contributed by atoms with Gasteiger partial charge in [0.2, 0.25) is 6.79 Å². The van der Waals surface area contributed by atoms with E-state index in [1.165, 1.54) is 0 Å². The van der Waals surface area contributed by atoms with E-state index in [1.54, 1.807) is 18.2 Å². The largest absolute Gasteiger partial charge is 0.454 e. The average Bonchev–Trinajstić information content (AvgIpc) is 3.22. The Morgan fingerprint density at radius 2 is 1.77 bits per heavy atom. The van der Waals surface area contributed by atoms with Crippen molar-refractivity contribution in [1.29, 1.82) is 0 Å². The van der Waals surface area contributed by atoms with E-state index in [0.29, 0.717) is 27.8 Å². The fraction of sp³-hybridized carbons (Fsp3) is 0.0833. The number of benzene rings is 3. The molecular weight excluding hydrogens is 400 g/mol. The predicted molar refractivity (Wildman–Crippen MR) is 117 cm³/mol. The number of hydrogen-bond donors (Lipinski definition) is 1. The third-order valence-electron chi connectivity index (χ3n) is 5.11. The van der Waals surface area contributed by atoms with Gasteiger partial charge in [-0.15, -0.1) is 0 Å². The first-order valence-corrected chi connectivity index (χ1v) is 9.84. The van der Waals surface area contributed by atoms with E-state index < -0.39 is 0 Å². The van der Waals surface area contributed by atoms with Crippen LogP contribution < -0.4 is 14.8 Å². The number of hydrogen-bond acceptors (Lipinski definition) is 4. The standard InChI is InChI=1S/C24H17ClN2O3/c1-14-22(24(28)26-17-10-11-20-21(12-17)30-13-29-20)18-4-2-3-5-19(18)27-23(14)15-6-8-16(25)9-7-15/h2-12H,13H2,1H3,(H,26,28). The molecule has 4 aromatic rings. The molecule has 0 atom stereocenters. The molecule has 5 rings (SSSR count). The number of anilines is 1. The second-order valence-corrected chi connectivity index (χ2v) is 7.44. The van der Waals surface area contributed by atoms with Gasteiger partial charge in [-0.05, 0) is 42.8 Å². The van der Waals surface area contributed by atoms with Crippen LogP contribution in [-0.2, 0) is 0 Å². The van der Waals surface area contributed by atoms with Gasteiger partial charge in [-0.3, -0.25) is 4.79 Å². The predicted octanol–water partition coefficient (Wildman–Crippen LogP) is 5.84. The highest BCUT2D eigenvalue weighted by Gasteiger charge is 2.20. The zero-order valence-corrected chi connectivity index (χ0v) is 16.9. The number of carbonyl (C=O) groups excluding carboxylic acids is 1. The van der Waals surface area contributed by atoms with Gasteiger partial charge < -0.3 is 14.8 Å². The molecule has 0 radical (unpaired) electrons. The molecule has 6 heteroatoms. The lowest BCUT2D eigenvalue weighted by Gasteiger charge is -2.15. The maximum absolute atomic E-state index is 13.4. The van der Waals surface area contributed by atoms with Crippen LogP contribution in [-0.4, -0.2) is 17.7 Å². The molecule has 1 aliphatic rings. The summed E-state index contributed by atoms with van der Waals surface area (Å²) < 4.78 is 10.8. The van der Waals surface area contributed by atoms with E-state index in [0.717, 1.165) is 27.7 Å². The third kappa shape index (κ3) is 3.23. The van der Waals surface area contributed by atoms with Crippen molar-refractivity contribution in [2.45, 2.75) is 6.92 Å². The number of halogens is 1. The molecule has 1 aliphatic heterocycles. The monoisotopic (exact) mass is 416 g/mol. The molecule has 148 valence electrons. The summed E-state index contributed by atoms with van der Waals surface area (Å²) in [4.78, 5) is 18.2.